The van der Waals surface area contributed by atoms with Crippen LogP contribution in [0, 0.1) is 5.92 Å². The van der Waals surface area contributed by atoms with Gasteiger partial charge in [-0.2, -0.15) is 0 Å². The van der Waals surface area contributed by atoms with Crippen LogP contribution in [0.2, 0.25) is 0 Å². The topological polar surface area (TPSA) is 44.8 Å². The number of carbonyl (C=O) groups excluding carboxylic acids is 1. The van der Waals surface area contributed by atoms with E-state index in [0.29, 0.717) is 5.92 Å². The molecule has 1 heterocycles. The number of amides is 1. The number of carbonyl (C=O) groups is 1. The molecular weight excluding hydrogens is 266 g/mol. The van der Waals surface area contributed by atoms with E-state index in [1.807, 2.05) is 4.90 Å². The van der Waals surface area contributed by atoms with E-state index in [1.165, 1.54) is 0 Å². The van der Waals surface area contributed by atoms with E-state index in [4.69, 9.17) is 4.74 Å². The number of hydrogen-bond acceptors (Lipinski definition) is 4. The Morgan fingerprint density at radius 2 is 1.86 bits per heavy atom. The molecule has 0 saturated carbocycles. The van der Waals surface area contributed by atoms with Gasteiger partial charge in [-0.25, -0.2) is 0 Å². The highest BCUT2D eigenvalue weighted by Gasteiger charge is 2.33. The van der Waals surface area contributed by atoms with Crippen LogP contribution < -0.4 is 5.32 Å². The second kappa shape index (κ2) is 8.71. The average molecular weight is 299 g/mol. The Balaban J connectivity index is 2.44. The first-order valence-corrected chi connectivity index (χ1v) is 8.25. The lowest BCUT2D eigenvalue weighted by Gasteiger charge is -2.39. The molecule has 5 heteroatoms. The first-order valence-electron chi connectivity index (χ1n) is 8.25. The summed E-state index contributed by atoms with van der Waals surface area (Å²) in [5.74, 6) is 0.593. The number of nitrogens with one attached hydrogen (secondary N) is 1. The molecule has 0 bridgehead atoms. The maximum Gasteiger partial charge on any atom is 0.248 e. The van der Waals surface area contributed by atoms with Crippen molar-refractivity contribution in [3.63, 3.8) is 0 Å². The quantitative estimate of drug-likeness (QED) is 0.658. The van der Waals surface area contributed by atoms with Crippen LogP contribution >= 0.6 is 0 Å². The summed E-state index contributed by atoms with van der Waals surface area (Å²) in [4.78, 5) is 16.7. The molecule has 1 saturated heterocycles. The van der Waals surface area contributed by atoms with Gasteiger partial charge in [0.25, 0.3) is 0 Å². The van der Waals surface area contributed by atoms with Gasteiger partial charge in [-0.05, 0) is 25.9 Å². The highest BCUT2D eigenvalue weighted by atomic mass is 16.5. The van der Waals surface area contributed by atoms with Crippen LogP contribution in [0.15, 0.2) is 0 Å². The maximum atomic E-state index is 12.4. The maximum absolute atomic E-state index is 12.4. The summed E-state index contributed by atoms with van der Waals surface area (Å²) in [6, 6.07) is 0. The molecule has 5 nitrogen and oxygen atoms in total. The lowest BCUT2D eigenvalue weighted by atomic mass is 10.0. The highest BCUT2D eigenvalue weighted by Crippen LogP contribution is 2.15. The molecule has 124 valence electrons. The Morgan fingerprint density at radius 1 is 1.24 bits per heavy atom. The normalized spacial score (nSPS) is 17.1. The monoisotopic (exact) mass is 299 g/mol. The summed E-state index contributed by atoms with van der Waals surface area (Å²) in [6.45, 7) is 17.1. The zero-order valence-electron chi connectivity index (χ0n) is 14.4. The molecule has 0 spiro atoms. The van der Waals surface area contributed by atoms with Crippen LogP contribution in [0.4, 0.5) is 0 Å². The fourth-order valence-electron chi connectivity index (χ4n) is 2.47. The first-order chi connectivity index (χ1) is 9.90. The van der Waals surface area contributed by atoms with Crippen LogP contribution in [0.1, 0.15) is 34.6 Å². The van der Waals surface area contributed by atoms with Gasteiger partial charge in [0.1, 0.15) is 6.61 Å². The predicted octanol–water partition coefficient (Wildman–Crippen LogP) is 1.19. The molecule has 1 aliphatic rings. The Kier molecular flexibility index (Phi) is 7.63. The molecule has 21 heavy (non-hydrogen) atoms. The molecule has 1 aliphatic heterocycles. The minimum atomic E-state index is -0.155. The Morgan fingerprint density at radius 3 is 2.29 bits per heavy atom. The number of ether oxygens (including phenoxy) is 1. The second-order valence-electron chi connectivity index (χ2n) is 6.60. The molecule has 0 radical (unpaired) electrons. The van der Waals surface area contributed by atoms with Crippen molar-refractivity contribution < 1.29 is 9.53 Å². The Hall–Kier alpha value is -0.650. The summed E-state index contributed by atoms with van der Waals surface area (Å²) in [7, 11) is 0. The van der Waals surface area contributed by atoms with Gasteiger partial charge in [0, 0.05) is 32.7 Å². The van der Waals surface area contributed by atoms with Crippen molar-refractivity contribution in [2.45, 2.75) is 40.2 Å². The summed E-state index contributed by atoms with van der Waals surface area (Å²) in [6.07, 6.45) is 0. The fraction of sp³-hybridized carbons (Fsp3) is 0.938. The third-order valence-electron chi connectivity index (χ3n) is 4.06. The van der Waals surface area contributed by atoms with Gasteiger partial charge in [-0.3, -0.25) is 4.79 Å². The number of likely N-dealkylation sites (N-methyl/N-ethyl adjacent to an activating group) is 1. The van der Waals surface area contributed by atoms with Gasteiger partial charge in [0.05, 0.1) is 5.60 Å². The van der Waals surface area contributed by atoms with Crippen LogP contribution in [0.3, 0.4) is 0 Å². The van der Waals surface area contributed by atoms with Gasteiger partial charge in [0.15, 0.2) is 0 Å². The molecule has 0 aromatic heterocycles. The first kappa shape index (κ1) is 18.4. The second-order valence-corrected chi connectivity index (χ2v) is 6.60. The number of rotatable bonds is 10. The van der Waals surface area contributed by atoms with E-state index in [-0.39, 0.29) is 18.1 Å². The Labute approximate surface area is 130 Å². The zero-order valence-corrected chi connectivity index (χ0v) is 14.4. The highest BCUT2D eigenvalue weighted by molar-refractivity contribution is 5.77. The SMILES string of the molecule is CCN(CC)CCN(CC(C)C)C(=O)COC1(C)CNC1. The molecule has 0 aliphatic carbocycles. The minimum Gasteiger partial charge on any atom is -0.363 e. The van der Waals surface area contributed by atoms with Crippen molar-refractivity contribution in [2.24, 2.45) is 5.92 Å². The van der Waals surface area contributed by atoms with Crippen molar-refractivity contribution in [2.75, 3.05) is 52.4 Å². The van der Waals surface area contributed by atoms with Gasteiger partial charge in [-0.15, -0.1) is 0 Å². The molecule has 1 N–H and O–H groups in total. The van der Waals surface area contributed by atoms with Crippen LogP contribution in [-0.2, 0) is 9.53 Å². The largest absolute Gasteiger partial charge is 0.363 e. The van der Waals surface area contributed by atoms with Crippen molar-refractivity contribution in [3.8, 4) is 0 Å². The van der Waals surface area contributed by atoms with Crippen LogP contribution in [0.5, 0.6) is 0 Å². The summed E-state index contributed by atoms with van der Waals surface area (Å²) in [5, 5.41) is 3.19. The Bertz CT molecular complexity index is 313. The fourth-order valence-corrected chi connectivity index (χ4v) is 2.47. The summed E-state index contributed by atoms with van der Waals surface area (Å²) in [5.41, 5.74) is -0.155. The van der Waals surface area contributed by atoms with Crippen molar-refractivity contribution in [3.05, 3.63) is 0 Å². The molecule has 1 rings (SSSR count). The third kappa shape index (κ3) is 6.32. The van der Waals surface area contributed by atoms with Gasteiger partial charge < -0.3 is 19.9 Å². The van der Waals surface area contributed by atoms with Crippen molar-refractivity contribution >= 4 is 5.91 Å². The van der Waals surface area contributed by atoms with Crippen LogP contribution in [0.25, 0.3) is 0 Å². The minimum absolute atomic E-state index is 0.115. The van der Waals surface area contributed by atoms with E-state index in [1.54, 1.807) is 0 Å². The van der Waals surface area contributed by atoms with Crippen LogP contribution in [-0.4, -0.2) is 73.7 Å². The predicted molar refractivity (Wildman–Crippen MR) is 86.4 cm³/mol. The van der Waals surface area contributed by atoms with E-state index >= 15 is 0 Å². The van der Waals surface area contributed by atoms with E-state index in [9.17, 15) is 4.79 Å². The van der Waals surface area contributed by atoms with Gasteiger partial charge in [-0.1, -0.05) is 27.7 Å². The molecule has 0 aromatic carbocycles. The number of hydrogen-bond donors (Lipinski definition) is 1. The van der Waals surface area contributed by atoms with Gasteiger partial charge >= 0.3 is 0 Å². The molecular formula is C16H33N3O2. The molecule has 1 fully saturated rings. The number of nitrogens with zero attached hydrogens (tertiary/aromatic N) is 2. The van der Waals surface area contributed by atoms with E-state index in [2.05, 4.69) is 44.8 Å². The average Bonchev–Trinajstić information content (AvgIpc) is 2.42. The summed E-state index contributed by atoms with van der Waals surface area (Å²) < 4.78 is 5.78. The molecule has 0 aromatic rings. The lowest BCUT2D eigenvalue weighted by Crippen LogP contribution is -2.59. The standard InChI is InChI=1S/C16H33N3O2/c1-6-18(7-2)8-9-19(10-14(3)4)15(20)11-21-16(5)12-17-13-16/h14,17H,6-13H2,1-5H3. The lowest BCUT2D eigenvalue weighted by molar-refractivity contribution is -0.146. The third-order valence-corrected chi connectivity index (χ3v) is 4.06. The van der Waals surface area contributed by atoms with Gasteiger partial charge in [0.2, 0.25) is 5.91 Å². The zero-order chi connectivity index (χ0) is 15.9. The van der Waals surface area contributed by atoms with E-state index < -0.39 is 0 Å². The van der Waals surface area contributed by atoms with Crippen molar-refractivity contribution in [1.82, 2.24) is 15.1 Å². The summed E-state index contributed by atoms with van der Waals surface area (Å²) >= 11 is 0. The van der Waals surface area contributed by atoms with E-state index in [0.717, 1.165) is 45.8 Å². The smallest absolute Gasteiger partial charge is 0.248 e. The van der Waals surface area contributed by atoms with Crippen molar-refractivity contribution in [1.29, 1.82) is 0 Å². The molecule has 1 amide bonds. The molecule has 0 unspecified atom stereocenters. The molecule has 0 atom stereocenters.